The lowest BCUT2D eigenvalue weighted by molar-refractivity contribution is 0.476. The number of H-pyrrole nitrogens is 1. The molecule has 6 heteroatoms. The number of halogens is 3. The fourth-order valence-electron chi connectivity index (χ4n) is 1.83. The number of phenols is 1. The average Bonchev–Trinajstić information content (AvgIpc) is 2.76. The second-order valence-electron chi connectivity index (χ2n) is 4.03. The van der Waals surface area contributed by atoms with Crippen molar-refractivity contribution in [3.63, 3.8) is 0 Å². The Bertz CT molecular complexity index is 786. The molecule has 0 bridgehead atoms. The molecule has 0 amide bonds. The fourth-order valence-corrected chi connectivity index (χ4v) is 1.98. The van der Waals surface area contributed by atoms with Crippen LogP contribution in [0.25, 0.3) is 22.4 Å². The van der Waals surface area contributed by atoms with Crippen molar-refractivity contribution in [1.82, 2.24) is 9.97 Å². The predicted octanol–water partition coefficient (Wildman–Crippen LogP) is 3.87. The lowest BCUT2D eigenvalue weighted by Crippen LogP contribution is -1.89. The highest BCUT2D eigenvalue weighted by molar-refractivity contribution is 6.30. The molecule has 0 atom stereocenters. The van der Waals surface area contributed by atoms with Gasteiger partial charge < -0.3 is 10.1 Å². The summed E-state index contributed by atoms with van der Waals surface area (Å²) in [6.45, 7) is 0. The minimum atomic E-state index is -0.721. The minimum Gasteiger partial charge on any atom is -0.508 e. The Hall–Kier alpha value is -2.14. The summed E-state index contributed by atoms with van der Waals surface area (Å²) < 4.78 is 27.1. The molecule has 96 valence electrons. The third-order valence-electron chi connectivity index (χ3n) is 2.73. The van der Waals surface area contributed by atoms with E-state index in [1.54, 1.807) is 6.07 Å². The van der Waals surface area contributed by atoms with Gasteiger partial charge in [0.15, 0.2) is 0 Å². The van der Waals surface area contributed by atoms with Gasteiger partial charge in [-0.1, -0.05) is 11.6 Å². The molecule has 0 aliphatic rings. The molecule has 19 heavy (non-hydrogen) atoms. The molecule has 0 radical (unpaired) electrons. The highest BCUT2D eigenvalue weighted by Gasteiger charge is 2.14. The number of imidazole rings is 1. The molecule has 0 unspecified atom stereocenters. The van der Waals surface area contributed by atoms with E-state index in [1.165, 1.54) is 12.1 Å². The van der Waals surface area contributed by atoms with Crippen molar-refractivity contribution in [2.75, 3.05) is 0 Å². The number of aromatic hydroxyl groups is 1. The Morgan fingerprint density at radius 1 is 1.11 bits per heavy atom. The summed E-state index contributed by atoms with van der Waals surface area (Å²) in [5.74, 6) is -1.16. The van der Waals surface area contributed by atoms with Crippen LogP contribution in [0.4, 0.5) is 8.78 Å². The Kier molecular flexibility index (Phi) is 2.64. The van der Waals surface area contributed by atoms with Gasteiger partial charge in [-0.25, -0.2) is 13.8 Å². The van der Waals surface area contributed by atoms with Gasteiger partial charge >= 0.3 is 0 Å². The second-order valence-corrected chi connectivity index (χ2v) is 4.44. The van der Waals surface area contributed by atoms with E-state index in [2.05, 4.69) is 9.97 Å². The zero-order valence-electron chi connectivity index (χ0n) is 9.42. The monoisotopic (exact) mass is 280 g/mol. The van der Waals surface area contributed by atoms with Crippen LogP contribution in [-0.4, -0.2) is 15.1 Å². The van der Waals surface area contributed by atoms with Crippen LogP contribution in [0.2, 0.25) is 5.02 Å². The number of nitrogens with zero attached hydrogens (tertiary/aromatic N) is 1. The quantitative estimate of drug-likeness (QED) is 0.665. The number of fused-ring (bicyclic) bond motifs is 1. The molecular weight excluding hydrogens is 274 g/mol. The average molecular weight is 281 g/mol. The van der Waals surface area contributed by atoms with Crippen LogP contribution < -0.4 is 0 Å². The van der Waals surface area contributed by atoms with Gasteiger partial charge in [0.25, 0.3) is 0 Å². The molecular formula is C13H7ClF2N2O. The molecule has 1 heterocycles. The van der Waals surface area contributed by atoms with Crippen molar-refractivity contribution in [3.8, 4) is 17.1 Å². The van der Waals surface area contributed by atoms with Gasteiger partial charge in [0.2, 0.25) is 0 Å². The number of aromatic nitrogens is 2. The molecule has 0 spiro atoms. The van der Waals surface area contributed by atoms with Gasteiger partial charge in [0, 0.05) is 6.07 Å². The largest absolute Gasteiger partial charge is 0.508 e. The highest BCUT2D eigenvalue weighted by Crippen LogP contribution is 2.28. The third kappa shape index (κ3) is 2.02. The summed E-state index contributed by atoms with van der Waals surface area (Å²) in [7, 11) is 0. The normalized spacial score (nSPS) is 11.1. The van der Waals surface area contributed by atoms with Crippen molar-refractivity contribution in [2.45, 2.75) is 0 Å². The molecule has 2 aromatic carbocycles. The Labute approximate surface area is 111 Å². The maximum atomic E-state index is 13.8. The van der Waals surface area contributed by atoms with Crippen LogP contribution in [-0.2, 0) is 0 Å². The first-order valence-corrected chi connectivity index (χ1v) is 5.76. The Morgan fingerprint density at radius 3 is 2.68 bits per heavy atom. The minimum absolute atomic E-state index is 0.0161. The van der Waals surface area contributed by atoms with Crippen molar-refractivity contribution >= 4 is 22.6 Å². The topological polar surface area (TPSA) is 48.9 Å². The van der Waals surface area contributed by atoms with Gasteiger partial charge in [-0.2, -0.15) is 0 Å². The highest BCUT2D eigenvalue weighted by atomic mass is 35.5. The smallest absolute Gasteiger partial charge is 0.142 e. The molecule has 0 saturated carbocycles. The Balaban J connectivity index is 2.21. The van der Waals surface area contributed by atoms with Gasteiger partial charge in [-0.3, -0.25) is 0 Å². The van der Waals surface area contributed by atoms with Crippen LogP contribution in [0.5, 0.6) is 5.75 Å². The van der Waals surface area contributed by atoms with E-state index in [-0.39, 0.29) is 22.2 Å². The van der Waals surface area contributed by atoms with Gasteiger partial charge in [-0.15, -0.1) is 0 Å². The van der Waals surface area contributed by atoms with Crippen molar-refractivity contribution in [2.24, 2.45) is 0 Å². The van der Waals surface area contributed by atoms with E-state index in [4.69, 9.17) is 11.6 Å². The first-order chi connectivity index (χ1) is 9.04. The van der Waals surface area contributed by atoms with E-state index >= 15 is 0 Å². The Morgan fingerprint density at radius 2 is 1.89 bits per heavy atom. The van der Waals surface area contributed by atoms with Crippen LogP contribution in [0, 0.1) is 11.6 Å². The number of hydrogen-bond donors (Lipinski definition) is 2. The zero-order chi connectivity index (χ0) is 13.6. The summed E-state index contributed by atoms with van der Waals surface area (Å²) >= 11 is 5.49. The van der Waals surface area contributed by atoms with Crippen molar-refractivity contribution in [1.29, 1.82) is 0 Å². The number of benzene rings is 2. The van der Waals surface area contributed by atoms with E-state index in [0.717, 1.165) is 12.1 Å². The van der Waals surface area contributed by atoms with Crippen molar-refractivity contribution in [3.05, 3.63) is 47.0 Å². The van der Waals surface area contributed by atoms with E-state index in [9.17, 15) is 13.9 Å². The standard InChI is InChI=1S/C13H7ClF2N2O/c14-8-5-9(15)7(4-10(8)16)13-17-11-2-1-6(19)3-12(11)18-13/h1-5,19H,(H,17,18). The summed E-state index contributed by atoms with van der Waals surface area (Å²) in [5, 5.41) is 9.06. The molecule has 0 fully saturated rings. The van der Waals surface area contributed by atoms with Gasteiger partial charge in [-0.05, 0) is 24.3 Å². The molecule has 3 aromatic rings. The fraction of sp³-hybridized carbons (Fsp3) is 0. The summed E-state index contributed by atoms with van der Waals surface area (Å²) in [6, 6.07) is 6.38. The second kappa shape index (κ2) is 4.20. The molecule has 3 rings (SSSR count). The first kappa shape index (κ1) is 11.9. The maximum absolute atomic E-state index is 13.8. The first-order valence-electron chi connectivity index (χ1n) is 5.38. The lowest BCUT2D eigenvalue weighted by Gasteiger charge is -2.01. The van der Waals surface area contributed by atoms with E-state index in [0.29, 0.717) is 11.0 Å². The molecule has 0 saturated heterocycles. The van der Waals surface area contributed by atoms with Gasteiger partial charge in [0.1, 0.15) is 23.2 Å². The SMILES string of the molecule is Oc1ccc2nc(-c3cc(F)c(Cl)cc3F)[nH]c2c1. The number of hydrogen-bond acceptors (Lipinski definition) is 2. The van der Waals surface area contributed by atoms with Crippen LogP contribution in [0.3, 0.4) is 0 Å². The predicted molar refractivity (Wildman–Crippen MR) is 68.1 cm³/mol. The number of aromatic amines is 1. The van der Waals surface area contributed by atoms with E-state index < -0.39 is 11.6 Å². The molecule has 2 N–H and O–H groups in total. The third-order valence-corrected chi connectivity index (χ3v) is 3.02. The summed E-state index contributed by atoms with van der Waals surface area (Å²) in [4.78, 5) is 6.96. The summed E-state index contributed by atoms with van der Waals surface area (Å²) in [5.41, 5.74) is 1.06. The number of nitrogens with one attached hydrogen (secondary N) is 1. The van der Waals surface area contributed by atoms with Crippen molar-refractivity contribution < 1.29 is 13.9 Å². The summed E-state index contributed by atoms with van der Waals surface area (Å²) in [6.07, 6.45) is 0. The zero-order valence-corrected chi connectivity index (χ0v) is 10.2. The van der Waals surface area contributed by atoms with Crippen LogP contribution in [0.1, 0.15) is 0 Å². The number of phenolic OH excluding ortho intramolecular Hbond substituents is 1. The molecule has 1 aromatic heterocycles. The molecule has 3 nitrogen and oxygen atoms in total. The van der Waals surface area contributed by atoms with Crippen LogP contribution in [0.15, 0.2) is 30.3 Å². The maximum Gasteiger partial charge on any atom is 0.142 e. The lowest BCUT2D eigenvalue weighted by atomic mass is 10.2. The van der Waals surface area contributed by atoms with Gasteiger partial charge in [0.05, 0.1) is 21.6 Å². The molecule has 0 aliphatic heterocycles. The van der Waals surface area contributed by atoms with Crippen LogP contribution >= 0.6 is 11.6 Å². The number of rotatable bonds is 1. The van der Waals surface area contributed by atoms with E-state index in [1.807, 2.05) is 0 Å². The molecule has 0 aliphatic carbocycles.